The molecule has 2 amide bonds. The number of aliphatic hydroxyl groups is 1. The maximum Gasteiger partial charge on any atom is 0.309 e. The topological polar surface area (TPSA) is 138 Å². The van der Waals surface area contributed by atoms with Crippen LogP contribution in [0.3, 0.4) is 0 Å². The van der Waals surface area contributed by atoms with Crippen molar-refractivity contribution in [2.45, 2.75) is 11.5 Å². The molecular weight excluding hydrogens is 455 g/mol. The highest BCUT2D eigenvalue weighted by molar-refractivity contribution is 5.98. The second-order valence-electron chi connectivity index (χ2n) is 8.00. The van der Waals surface area contributed by atoms with E-state index in [-0.39, 0.29) is 28.2 Å². The summed E-state index contributed by atoms with van der Waals surface area (Å²) in [7, 11) is 1.13. The first-order chi connectivity index (χ1) is 16.0. The van der Waals surface area contributed by atoms with Crippen LogP contribution < -0.4 is 5.73 Å². The predicted molar refractivity (Wildman–Crippen MR) is 111 cm³/mol. The molecule has 1 atom stereocenters. The second kappa shape index (κ2) is 7.15. The number of nitrogens with two attached hydrogens (primary N) is 1. The molecule has 174 valence electrons. The van der Waals surface area contributed by atoms with Crippen LogP contribution in [-0.4, -0.2) is 56.5 Å². The van der Waals surface area contributed by atoms with Gasteiger partial charge in [-0.25, -0.2) is 18.2 Å². The van der Waals surface area contributed by atoms with E-state index in [4.69, 9.17) is 10.3 Å². The summed E-state index contributed by atoms with van der Waals surface area (Å²) in [6.07, 6.45) is 1.48. The number of hydrogen-bond donors (Lipinski definition) is 3. The average Bonchev–Trinajstić information content (AvgIpc) is 3.48. The van der Waals surface area contributed by atoms with Gasteiger partial charge in [-0.05, 0) is 30.3 Å². The fraction of sp³-hybridized carbons (Fsp3) is 0.182. The smallest absolute Gasteiger partial charge is 0.309 e. The Bertz CT molecular complexity index is 1430. The summed E-state index contributed by atoms with van der Waals surface area (Å²) in [6, 6.07) is 7.90. The molecule has 1 fully saturated rings. The molecule has 0 bridgehead atoms. The average molecular weight is 471 g/mol. The number of hydrogen-bond acceptors (Lipinski definition) is 6. The number of carbonyl (C=O) groups excluding carboxylic acids is 2. The highest BCUT2D eigenvalue weighted by atomic mass is 19.3. The lowest BCUT2D eigenvalue weighted by Gasteiger charge is -2.22. The summed E-state index contributed by atoms with van der Waals surface area (Å²) in [5.41, 5.74) is 3.55. The summed E-state index contributed by atoms with van der Waals surface area (Å²) in [4.78, 5) is 31.7. The molecule has 4 N–H and O–H groups in total. The van der Waals surface area contributed by atoms with Gasteiger partial charge in [0.05, 0.1) is 17.9 Å². The van der Waals surface area contributed by atoms with Crippen molar-refractivity contribution in [1.82, 2.24) is 20.0 Å². The summed E-state index contributed by atoms with van der Waals surface area (Å²) < 4.78 is 48.5. The lowest BCUT2D eigenvalue weighted by molar-refractivity contribution is -0.179. The molecule has 0 radical (unpaired) electrons. The number of nitrogens with zero attached hydrogens (tertiary/aromatic N) is 3. The molecule has 1 unspecified atom stereocenters. The fourth-order valence-electron chi connectivity index (χ4n) is 4.05. The molecule has 12 heteroatoms. The Labute approximate surface area is 189 Å². The molecule has 4 heterocycles. The Morgan fingerprint density at radius 1 is 1.18 bits per heavy atom. The van der Waals surface area contributed by atoms with Crippen LogP contribution in [-0.2, 0) is 10.4 Å². The van der Waals surface area contributed by atoms with Crippen molar-refractivity contribution in [3.05, 3.63) is 59.9 Å². The second-order valence-corrected chi connectivity index (χ2v) is 8.00. The predicted octanol–water partition coefficient (Wildman–Crippen LogP) is 2.37. The normalized spacial score (nSPS) is 19.8. The van der Waals surface area contributed by atoms with Crippen LogP contribution in [0.1, 0.15) is 16.2 Å². The van der Waals surface area contributed by atoms with E-state index in [0.717, 1.165) is 19.2 Å². The molecule has 1 aromatic heterocycles. The standard InChI is InChI=1S/C22H16F3N5O4/c1-30-9-21(24,25)22(33,20(30)32)17-8-15(29-34-17)10-2-3-13(23)11(6-10)16-7-12-14(28-16)4-5-27-18(12)19(26)31/h2-8,27,33H,9H2,1H3,(H2,26,31). The highest BCUT2D eigenvalue weighted by Crippen LogP contribution is 2.45. The molecule has 5 rings (SSSR count). The van der Waals surface area contributed by atoms with Gasteiger partial charge in [0.1, 0.15) is 17.2 Å². The molecule has 0 aliphatic carbocycles. The SMILES string of the molecule is CN1CC(F)(F)C(O)(c2cc(-c3ccc(F)c(-c4cc5c(C(N)=O)[nH]ccc-5n4)c3)no2)C1=O. The number of carbonyl (C=O) groups is 2. The van der Waals surface area contributed by atoms with Gasteiger partial charge in [-0.2, -0.15) is 0 Å². The summed E-state index contributed by atoms with van der Waals surface area (Å²) >= 11 is 0. The van der Waals surface area contributed by atoms with Gasteiger partial charge < -0.3 is 25.2 Å². The number of aromatic nitrogens is 3. The number of likely N-dealkylation sites (N-methyl/N-ethyl adjacent to an activating group) is 1. The van der Waals surface area contributed by atoms with E-state index in [1.807, 2.05) is 0 Å². The molecule has 0 saturated carbocycles. The molecule has 3 aliphatic heterocycles. The zero-order chi connectivity index (χ0) is 24.4. The monoisotopic (exact) mass is 471 g/mol. The maximum atomic E-state index is 14.7. The van der Waals surface area contributed by atoms with Crippen LogP contribution in [0.15, 0.2) is 47.1 Å². The minimum absolute atomic E-state index is 0.00917. The van der Waals surface area contributed by atoms with Crippen molar-refractivity contribution < 1.29 is 32.4 Å². The first-order valence-electron chi connectivity index (χ1n) is 9.94. The zero-order valence-electron chi connectivity index (χ0n) is 17.5. The number of likely N-dealkylation sites (tertiary alicyclic amines) is 1. The number of fused-ring (bicyclic) bond motifs is 1. The Hall–Kier alpha value is -4.19. The van der Waals surface area contributed by atoms with Crippen molar-refractivity contribution in [2.75, 3.05) is 13.6 Å². The molecule has 1 saturated heterocycles. The first-order valence-corrected chi connectivity index (χ1v) is 9.94. The van der Waals surface area contributed by atoms with Crippen LogP contribution in [0.25, 0.3) is 33.8 Å². The van der Waals surface area contributed by atoms with Gasteiger partial charge in [0.25, 0.3) is 17.4 Å². The minimum atomic E-state index is -3.81. The van der Waals surface area contributed by atoms with E-state index >= 15 is 0 Å². The van der Waals surface area contributed by atoms with Gasteiger partial charge in [0, 0.05) is 36.0 Å². The van der Waals surface area contributed by atoms with E-state index < -0.39 is 41.5 Å². The molecule has 2 aromatic rings. The third kappa shape index (κ3) is 2.99. The maximum absolute atomic E-state index is 14.7. The number of H-pyrrole nitrogens is 1. The third-order valence-corrected chi connectivity index (χ3v) is 5.81. The lowest BCUT2D eigenvalue weighted by atomic mass is 9.94. The fourth-order valence-corrected chi connectivity index (χ4v) is 4.05. The third-order valence-electron chi connectivity index (χ3n) is 5.81. The molecular formula is C22H16F3N5O4. The number of nitrogens with one attached hydrogen (secondary N) is 1. The van der Waals surface area contributed by atoms with Gasteiger partial charge >= 0.3 is 5.92 Å². The Morgan fingerprint density at radius 2 is 1.94 bits per heavy atom. The van der Waals surface area contributed by atoms with Gasteiger partial charge in [-0.1, -0.05) is 5.16 Å². The van der Waals surface area contributed by atoms with Crippen LogP contribution >= 0.6 is 0 Å². The van der Waals surface area contributed by atoms with Crippen molar-refractivity contribution in [2.24, 2.45) is 5.73 Å². The summed E-state index contributed by atoms with van der Waals surface area (Å²) in [5.74, 6) is -7.12. The number of alkyl halides is 2. The number of rotatable bonds is 4. The van der Waals surface area contributed by atoms with Crippen molar-refractivity contribution in [3.8, 4) is 33.8 Å². The van der Waals surface area contributed by atoms with Crippen LogP contribution in [0.4, 0.5) is 13.2 Å². The Morgan fingerprint density at radius 3 is 2.62 bits per heavy atom. The van der Waals surface area contributed by atoms with Crippen LogP contribution in [0.2, 0.25) is 0 Å². The number of primary amides is 1. The van der Waals surface area contributed by atoms with Crippen molar-refractivity contribution >= 4 is 11.8 Å². The number of halogens is 3. The van der Waals surface area contributed by atoms with Crippen molar-refractivity contribution in [1.29, 1.82) is 0 Å². The van der Waals surface area contributed by atoms with E-state index in [0.29, 0.717) is 16.2 Å². The number of benzene rings is 1. The summed E-state index contributed by atoms with van der Waals surface area (Å²) in [5, 5.41) is 14.2. The zero-order valence-corrected chi connectivity index (χ0v) is 17.5. The summed E-state index contributed by atoms with van der Waals surface area (Å²) in [6.45, 7) is -0.986. The Balaban J connectivity index is 1.57. The molecule has 34 heavy (non-hydrogen) atoms. The number of aromatic amines is 1. The molecule has 9 nitrogen and oxygen atoms in total. The quantitative estimate of drug-likeness (QED) is 0.418. The van der Waals surface area contributed by atoms with E-state index in [1.54, 1.807) is 6.07 Å². The first kappa shape index (κ1) is 21.6. The highest BCUT2D eigenvalue weighted by Gasteiger charge is 2.68. The van der Waals surface area contributed by atoms with E-state index in [2.05, 4.69) is 15.1 Å². The molecule has 0 spiro atoms. The van der Waals surface area contributed by atoms with Gasteiger partial charge in [-0.15, -0.1) is 0 Å². The van der Waals surface area contributed by atoms with Gasteiger partial charge in [-0.3, -0.25) is 9.59 Å². The molecule has 3 aliphatic rings. The van der Waals surface area contributed by atoms with Crippen molar-refractivity contribution in [3.63, 3.8) is 0 Å². The number of amides is 2. The van der Waals surface area contributed by atoms with E-state index in [9.17, 15) is 27.9 Å². The van der Waals surface area contributed by atoms with Gasteiger partial charge in [0.15, 0.2) is 5.76 Å². The lowest BCUT2D eigenvalue weighted by Crippen LogP contribution is -2.46. The van der Waals surface area contributed by atoms with Crippen LogP contribution in [0.5, 0.6) is 0 Å². The minimum Gasteiger partial charge on any atom is -0.368 e. The van der Waals surface area contributed by atoms with Crippen LogP contribution in [0, 0.1) is 5.82 Å². The Kier molecular flexibility index (Phi) is 4.55. The number of pyridine rings is 1. The molecule has 1 aromatic carbocycles. The van der Waals surface area contributed by atoms with Gasteiger partial charge in [0.2, 0.25) is 0 Å². The largest absolute Gasteiger partial charge is 0.368 e. The van der Waals surface area contributed by atoms with E-state index in [1.165, 1.54) is 24.4 Å².